The molecular formula is C26H30FN5O2. The molecule has 0 saturated carbocycles. The number of rotatable bonds is 5. The van der Waals surface area contributed by atoms with Crippen LogP contribution < -0.4 is 10.6 Å². The lowest BCUT2D eigenvalue weighted by Crippen LogP contribution is -2.47. The highest BCUT2D eigenvalue weighted by molar-refractivity contribution is 5.81. The lowest BCUT2D eigenvalue weighted by Gasteiger charge is -2.37. The molecule has 0 bridgehead atoms. The van der Waals surface area contributed by atoms with Crippen molar-refractivity contribution in [3.8, 4) is 0 Å². The van der Waals surface area contributed by atoms with Crippen LogP contribution in [0.3, 0.4) is 0 Å². The third-order valence-corrected chi connectivity index (χ3v) is 7.20. The average Bonchev–Trinajstić information content (AvgIpc) is 3.22. The number of hydrogen-bond acceptors (Lipinski definition) is 4. The summed E-state index contributed by atoms with van der Waals surface area (Å²) in [5.74, 6) is 0.415. The van der Waals surface area contributed by atoms with Crippen molar-refractivity contribution in [1.29, 1.82) is 0 Å². The maximum absolute atomic E-state index is 13.8. The Morgan fingerprint density at radius 3 is 2.35 bits per heavy atom. The zero-order valence-corrected chi connectivity index (χ0v) is 19.2. The number of carbonyl (C=O) groups is 2. The van der Waals surface area contributed by atoms with Crippen molar-refractivity contribution < 1.29 is 14.0 Å². The number of carbonyl (C=O) groups excluding carboxylic acids is 2. The van der Waals surface area contributed by atoms with Crippen LogP contribution in [-0.2, 0) is 16.1 Å². The number of benzene rings is 2. The Balaban J connectivity index is 1.29. The molecule has 2 aliphatic rings. The van der Waals surface area contributed by atoms with Gasteiger partial charge in [-0.15, -0.1) is 0 Å². The predicted molar refractivity (Wildman–Crippen MR) is 129 cm³/mol. The molecule has 0 atom stereocenters. The molecule has 7 nitrogen and oxygen atoms in total. The molecule has 2 aliphatic heterocycles. The highest BCUT2D eigenvalue weighted by Crippen LogP contribution is 2.29. The Kier molecular flexibility index (Phi) is 6.22. The van der Waals surface area contributed by atoms with E-state index in [0.717, 1.165) is 48.5 Å². The van der Waals surface area contributed by atoms with E-state index >= 15 is 0 Å². The molecule has 0 aliphatic carbocycles. The zero-order valence-electron chi connectivity index (χ0n) is 19.2. The van der Waals surface area contributed by atoms with Gasteiger partial charge in [0.25, 0.3) is 0 Å². The predicted octanol–water partition coefficient (Wildman–Crippen LogP) is 3.16. The first-order valence-electron chi connectivity index (χ1n) is 12.0. The Bertz CT molecular complexity index is 1190. The van der Waals surface area contributed by atoms with Crippen LogP contribution in [0.5, 0.6) is 0 Å². The quantitative estimate of drug-likeness (QED) is 0.630. The van der Waals surface area contributed by atoms with Gasteiger partial charge in [0.15, 0.2) is 0 Å². The molecule has 8 heteroatoms. The monoisotopic (exact) mass is 463 g/mol. The Morgan fingerprint density at radius 2 is 1.65 bits per heavy atom. The van der Waals surface area contributed by atoms with Crippen LogP contribution in [0.15, 0.2) is 48.5 Å². The molecule has 3 heterocycles. The molecule has 1 aromatic heterocycles. The number of halogens is 1. The smallest absolute Gasteiger partial charge is 0.225 e. The topological polar surface area (TPSA) is 84.5 Å². The molecule has 0 radical (unpaired) electrons. The number of piperidine rings is 2. The third-order valence-electron chi connectivity index (χ3n) is 7.20. The first-order valence-corrected chi connectivity index (χ1v) is 12.0. The molecule has 2 saturated heterocycles. The molecule has 2 amide bonds. The lowest BCUT2D eigenvalue weighted by atomic mass is 9.92. The largest absolute Gasteiger partial charge is 0.369 e. The number of hydrogen-bond donors (Lipinski definition) is 1. The fourth-order valence-electron chi connectivity index (χ4n) is 5.25. The van der Waals surface area contributed by atoms with Crippen molar-refractivity contribution in [2.24, 2.45) is 17.6 Å². The van der Waals surface area contributed by atoms with Gasteiger partial charge in [0, 0.05) is 38.0 Å². The standard InChI is InChI=1S/C26H30FN5O2/c27-21-5-3-4-18(16-21)17-32-23-7-2-1-6-22(23)29-26(32)31-14-10-20(11-15-31)25(34)30-12-8-19(9-13-30)24(28)33/h1-7,16,19-20H,8-15,17H2,(H2,28,33). The zero-order chi connectivity index (χ0) is 23.7. The SMILES string of the molecule is NC(=O)C1CCN(C(=O)C2CCN(c3nc4ccccc4n3Cc3cccc(F)c3)CC2)CC1. The Hall–Kier alpha value is -3.42. The van der Waals surface area contributed by atoms with Gasteiger partial charge in [-0.25, -0.2) is 9.37 Å². The Labute approximate surface area is 198 Å². The van der Waals surface area contributed by atoms with Crippen LogP contribution in [0.2, 0.25) is 0 Å². The summed E-state index contributed by atoms with van der Waals surface area (Å²) in [6.07, 6.45) is 2.84. The summed E-state index contributed by atoms with van der Waals surface area (Å²) in [6.45, 7) is 3.22. The van der Waals surface area contributed by atoms with E-state index in [0.29, 0.717) is 32.5 Å². The number of likely N-dealkylation sites (tertiary alicyclic amines) is 1. The highest BCUT2D eigenvalue weighted by atomic mass is 19.1. The van der Waals surface area contributed by atoms with Gasteiger partial charge in [-0.1, -0.05) is 24.3 Å². The van der Waals surface area contributed by atoms with Crippen LogP contribution in [0.25, 0.3) is 11.0 Å². The van der Waals surface area contributed by atoms with Crippen LogP contribution in [0, 0.1) is 17.7 Å². The second kappa shape index (κ2) is 9.44. The molecular weight excluding hydrogens is 433 g/mol. The van der Waals surface area contributed by atoms with Crippen molar-refractivity contribution in [2.75, 3.05) is 31.1 Å². The second-order valence-electron chi connectivity index (χ2n) is 9.38. The first kappa shape index (κ1) is 22.4. The van der Waals surface area contributed by atoms with Gasteiger partial charge in [0.2, 0.25) is 17.8 Å². The first-order chi connectivity index (χ1) is 16.5. The number of para-hydroxylation sites is 2. The number of fused-ring (bicyclic) bond motifs is 1. The van der Waals surface area contributed by atoms with Gasteiger partial charge in [-0.3, -0.25) is 9.59 Å². The van der Waals surface area contributed by atoms with Crippen LogP contribution in [-0.4, -0.2) is 52.4 Å². The van der Waals surface area contributed by atoms with E-state index in [9.17, 15) is 14.0 Å². The highest BCUT2D eigenvalue weighted by Gasteiger charge is 2.33. The number of nitrogens with two attached hydrogens (primary N) is 1. The molecule has 2 N–H and O–H groups in total. The van der Waals surface area contributed by atoms with Crippen molar-refractivity contribution in [3.05, 3.63) is 59.9 Å². The van der Waals surface area contributed by atoms with Gasteiger partial charge < -0.3 is 20.1 Å². The molecule has 5 rings (SSSR count). The summed E-state index contributed by atoms with van der Waals surface area (Å²) in [6, 6.07) is 14.7. The fourth-order valence-corrected chi connectivity index (χ4v) is 5.25. The molecule has 0 spiro atoms. The van der Waals surface area contributed by atoms with E-state index in [-0.39, 0.29) is 29.5 Å². The van der Waals surface area contributed by atoms with Crippen LogP contribution in [0.1, 0.15) is 31.2 Å². The van der Waals surface area contributed by atoms with Crippen molar-refractivity contribution in [3.63, 3.8) is 0 Å². The maximum atomic E-state index is 13.8. The van der Waals surface area contributed by atoms with Crippen molar-refractivity contribution in [2.45, 2.75) is 32.2 Å². The molecule has 34 heavy (non-hydrogen) atoms. The lowest BCUT2D eigenvalue weighted by molar-refractivity contribution is -0.139. The van der Waals surface area contributed by atoms with E-state index in [2.05, 4.69) is 9.47 Å². The number of anilines is 1. The minimum Gasteiger partial charge on any atom is -0.369 e. The van der Waals surface area contributed by atoms with Crippen molar-refractivity contribution in [1.82, 2.24) is 14.5 Å². The van der Waals surface area contributed by atoms with E-state index in [4.69, 9.17) is 10.7 Å². The molecule has 2 fully saturated rings. The van der Waals surface area contributed by atoms with Gasteiger partial charge >= 0.3 is 0 Å². The van der Waals surface area contributed by atoms with Gasteiger partial charge in [-0.2, -0.15) is 0 Å². The third kappa shape index (κ3) is 4.49. The molecule has 0 unspecified atom stereocenters. The summed E-state index contributed by atoms with van der Waals surface area (Å²) >= 11 is 0. The van der Waals surface area contributed by atoms with Gasteiger partial charge in [0.1, 0.15) is 5.82 Å². The molecule has 178 valence electrons. The molecule has 3 aromatic rings. The van der Waals surface area contributed by atoms with Gasteiger partial charge in [0.05, 0.1) is 17.6 Å². The second-order valence-corrected chi connectivity index (χ2v) is 9.38. The fraction of sp³-hybridized carbons (Fsp3) is 0.423. The Morgan fingerprint density at radius 1 is 0.941 bits per heavy atom. The van der Waals surface area contributed by atoms with Crippen molar-refractivity contribution >= 4 is 28.8 Å². The summed E-state index contributed by atoms with van der Waals surface area (Å²) in [4.78, 5) is 33.5. The van der Waals surface area contributed by atoms with E-state index in [1.165, 1.54) is 6.07 Å². The van der Waals surface area contributed by atoms with Gasteiger partial charge in [-0.05, 0) is 55.5 Å². The minimum absolute atomic E-state index is 0.0116. The number of nitrogens with zero attached hydrogens (tertiary/aromatic N) is 4. The normalized spacial score (nSPS) is 17.9. The van der Waals surface area contributed by atoms with Crippen LogP contribution >= 0.6 is 0 Å². The summed E-state index contributed by atoms with van der Waals surface area (Å²) in [5, 5.41) is 0. The van der Waals surface area contributed by atoms with E-state index < -0.39 is 0 Å². The summed E-state index contributed by atoms with van der Waals surface area (Å²) < 4.78 is 15.9. The number of imidazole rings is 1. The number of primary amides is 1. The molecule has 2 aromatic carbocycles. The van der Waals surface area contributed by atoms with E-state index in [1.807, 2.05) is 35.2 Å². The average molecular weight is 464 g/mol. The minimum atomic E-state index is -0.262. The van der Waals surface area contributed by atoms with Crippen LogP contribution in [0.4, 0.5) is 10.3 Å². The number of amides is 2. The number of aromatic nitrogens is 2. The summed E-state index contributed by atoms with van der Waals surface area (Å²) in [5.41, 5.74) is 8.23. The van der Waals surface area contributed by atoms with E-state index in [1.54, 1.807) is 12.1 Å². The maximum Gasteiger partial charge on any atom is 0.225 e. The summed E-state index contributed by atoms with van der Waals surface area (Å²) in [7, 11) is 0.